The molecule has 0 saturated heterocycles. The minimum absolute atomic E-state index is 0.0677. The highest BCUT2D eigenvalue weighted by Gasteiger charge is 2.19. The largest absolute Gasteiger partial charge is 0.462 e. The summed E-state index contributed by atoms with van der Waals surface area (Å²) in [6.45, 7) is 6.56. The van der Waals surface area contributed by atoms with Crippen LogP contribution in [0.25, 0.3) is 0 Å². The molecule has 0 heterocycles. The molecule has 0 fully saturated rings. The lowest BCUT2D eigenvalue weighted by atomic mass is 10.0. The summed E-state index contributed by atoms with van der Waals surface area (Å²) in [4.78, 5) is 38.2. The molecule has 0 amide bonds. The SMILES string of the molecule is CC/C=C\C/C=C\C/C=C\C/C=C\C/C=C\C/C=C\CCCCCCCCCCCCCCCCCCC(=O)OCC(COC(=O)CCCCCCCCCCCC)OC(=O)CCCCCCCCCCCCCCCCC. The van der Waals surface area contributed by atoms with Crippen LogP contribution in [0, 0.1) is 0 Å². The summed E-state index contributed by atoms with van der Waals surface area (Å²) in [6.07, 6.45) is 86.5. The summed E-state index contributed by atoms with van der Waals surface area (Å²) < 4.78 is 16.9. The Labute approximate surface area is 484 Å². The molecule has 0 saturated carbocycles. The second-order valence-electron chi connectivity index (χ2n) is 22.7. The molecule has 6 heteroatoms. The molecule has 1 atom stereocenters. The zero-order valence-electron chi connectivity index (χ0n) is 51.9. The average Bonchev–Trinajstić information content (AvgIpc) is 3.44. The molecular formula is C72H128O6. The summed E-state index contributed by atoms with van der Waals surface area (Å²) in [6, 6.07) is 0. The molecule has 78 heavy (non-hydrogen) atoms. The van der Waals surface area contributed by atoms with Crippen molar-refractivity contribution in [2.45, 2.75) is 354 Å². The molecule has 0 spiro atoms. The normalized spacial score (nSPS) is 12.5. The molecule has 0 radical (unpaired) electrons. The first kappa shape index (κ1) is 74.8. The molecule has 6 nitrogen and oxygen atoms in total. The zero-order valence-corrected chi connectivity index (χ0v) is 51.9. The number of ether oxygens (including phenoxy) is 3. The number of rotatable bonds is 62. The maximum atomic E-state index is 12.9. The molecular weight excluding hydrogens is 961 g/mol. The molecule has 0 aliphatic carbocycles. The van der Waals surface area contributed by atoms with E-state index in [0.717, 1.165) is 96.3 Å². The molecule has 0 aromatic carbocycles. The van der Waals surface area contributed by atoms with E-state index in [1.807, 2.05) is 0 Å². The molecule has 0 N–H and O–H groups in total. The van der Waals surface area contributed by atoms with E-state index in [1.54, 1.807) is 0 Å². The highest BCUT2D eigenvalue weighted by atomic mass is 16.6. The van der Waals surface area contributed by atoms with Crippen molar-refractivity contribution >= 4 is 17.9 Å². The van der Waals surface area contributed by atoms with E-state index in [4.69, 9.17) is 14.2 Å². The van der Waals surface area contributed by atoms with Gasteiger partial charge in [-0.25, -0.2) is 0 Å². The average molecular weight is 1090 g/mol. The Bertz CT molecular complexity index is 1440. The highest BCUT2D eigenvalue weighted by Crippen LogP contribution is 2.18. The van der Waals surface area contributed by atoms with E-state index in [0.29, 0.717) is 19.3 Å². The van der Waals surface area contributed by atoms with Gasteiger partial charge in [0.05, 0.1) is 0 Å². The first-order valence-corrected chi connectivity index (χ1v) is 33.9. The maximum absolute atomic E-state index is 12.9. The Morgan fingerprint density at radius 1 is 0.269 bits per heavy atom. The van der Waals surface area contributed by atoms with Crippen LogP contribution in [0.5, 0.6) is 0 Å². The highest BCUT2D eigenvalue weighted by molar-refractivity contribution is 5.71. The third-order valence-corrected chi connectivity index (χ3v) is 15.0. The van der Waals surface area contributed by atoms with Crippen LogP contribution >= 0.6 is 0 Å². The van der Waals surface area contributed by atoms with Gasteiger partial charge >= 0.3 is 17.9 Å². The van der Waals surface area contributed by atoms with Gasteiger partial charge in [-0.15, -0.1) is 0 Å². The summed E-state index contributed by atoms with van der Waals surface area (Å²) in [5.41, 5.74) is 0. The predicted molar refractivity (Wildman–Crippen MR) is 339 cm³/mol. The first-order chi connectivity index (χ1) is 38.5. The van der Waals surface area contributed by atoms with Crippen molar-refractivity contribution in [3.8, 4) is 0 Å². The van der Waals surface area contributed by atoms with E-state index < -0.39 is 6.10 Å². The van der Waals surface area contributed by atoms with Gasteiger partial charge in [-0.3, -0.25) is 14.4 Å². The standard InChI is InChI=1S/C72H128O6/c1-4-7-10-13-16-19-22-24-26-27-28-29-30-31-32-33-34-35-36-37-38-39-40-41-42-43-44-45-47-48-50-53-56-59-62-65-71(74)77-68-69(67-76-70(73)64-61-58-55-52-21-18-15-12-9-6-3)78-72(75)66-63-60-57-54-51-49-46-25-23-20-17-14-11-8-5-2/h7,10,16,19,24,26,28-29,31-32,34-35,69H,4-6,8-9,11-15,17-18,20-23,25,27,30,33,36-68H2,1-3H3/b10-7-,19-16-,26-24-,29-28-,32-31-,35-34-. The van der Waals surface area contributed by atoms with Gasteiger partial charge in [0.25, 0.3) is 0 Å². The predicted octanol–water partition coefficient (Wildman–Crippen LogP) is 23.3. The first-order valence-electron chi connectivity index (χ1n) is 33.9. The molecule has 452 valence electrons. The molecule has 0 aliphatic heterocycles. The van der Waals surface area contributed by atoms with Crippen LogP contribution in [0.15, 0.2) is 72.9 Å². The van der Waals surface area contributed by atoms with Gasteiger partial charge in [0, 0.05) is 19.3 Å². The lowest BCUT2D eigenvalue weighted by molar-refractivity contribution is -0.167. The number of allylic oxidation sites excluding steroid dienone is 12. The third kappa shape index (κ3) is 63.7. The van der Waals surface area contributed by atoms with Crippen molar-refractivity contribution in [1.29, 1.82) is 0 Å². The second-order valence-corrected chi connectivity index (χ2v) is 22.7. The van der Waals surface area contributed by atoms with Crippen LogP contribution in [-0.4, -0.2) is 37.2 Å². The lowest BCUT2D eigenvalue weighted by Gasteiger charge is -2.18. The fourth-order valence-corrected chi connectivity index (χ4v) is 9.92. The fraction of sp³-hybridized carbons (Fsp3) is 0.792. The van der Waals surface area contributed by atoms with Gasteiger partial charge in [0.1, 0.15) is 13.2 Å². The zero-order chi connectivity index (χ0) is 56.4. The number of hydrogen-bond donors (Lipinski definition) is 0. The Morgan fingerprint density at radius 2 is 0.500 bits per heavy atom. The Balaban J connectivity index is 4.05. The fourth-order valence-electron chi connectivity index (χ4n) is 9.92. The van der Waals surface area contributed by atoms with Crippen LogP contribution in [0.4, 0.5) is 0 Å². The quantitative estimate of drug-likeness (QED) is 0.0261. The molecule has 0 bridgehead atoms. The summed E-state index contributed by atoms with van der Waals surface area (Å²) >= 11 is 0. The summed E-state index contributed by atoms with van der Waals surface area (Å²) in [5.74, 6) is -0.848. The molecule has 0 aliphatic rings. The van der Waals surface area contributed by atoms with E-state index >= 15 is 0 Å². The van der Waals surface area contributed by atoms with Crippen LogP contribution in [0.1, 0.15) is 348 Å². The van der Waals surface area contributed by atoms with E-state index in [2.05, 4.69) is 93.7 Å². The van der Waals surface area contributed by atoms with E-state index in [9.17, 15) is 14.4 Å². The van der Waals surface area contributed by atoms with Crippen molar-refractivity contribution in [2.24, 2.45) is 0 Å². The number of carbonyl (C=O) groups excluding carboxylic acids is 3. The summed E-state index contributed by atoms with van der Waals surface area (Å²) in [7, 11) is 0. The van der Waals surface area contributed by atoms with Crippen molar-refractivity contribution in [1.82, 2.24) is 0 Å². The van der Waals surface area contributed by atoms with E-state index in [-0.39, 0.29) is 31.1 Å². The number of esters is 3. The second kappa shape index (κ2) is 66.4. The molecule has 1 unspecified atom stereocenters. The number of carbonyl (C=O) groups is 3. The number of hydrogen-bond acceptors (Lipinski definition) is 6. The molecule has 0 rings (SSSR count). The van der Waals surface area contributed by atoms with Crippen molar-refractivity contribution in [3.63, 3.8) is 0 Å². The minimum atomic E-state index is -0.768. The lowest BCUT2D eigenvalue weighted by Crippen LogP contribution is -2.30. The minimum Gasteiger partial charge on any atom is -0.462 e. The molecule has 0 aromatic rings. The third-order valence-electron chi connectivity index (χ3n) is 15.0. The van der Waals surface area contributed by atoms with Gasteiger partial charge in [-0.05, 0) is 70.6 Å². The van der Waals surface area contributed by atoms with Crippen molar-refractivity contribution in [3.05, 3.63) is 72.9 Å². The van der Waals surface area contributed by atoms with Gasteiger partial charge in [-0.1, -0.05) is 331 Å². The summed E-state index contributed by atoms with van der Waals surface area (Å²) in [5, 5.41) is 0. The van der Waals surface area contributed by atoms with Crippen LogP contribution < -0.4 is 0 Å². The monoisotopic (exact) mass is 1090 g/mol. The Morgan fingerprint density at radius 3 is 0.782 bits per heavy atom. The van der Waals surface area contributed by atoms with Gasteiger partial charge in [-0.2, -0.15) is 0 Å². The van der Waals surface area contributed by atoms with Crippen molar-refractivity contribution < 1.29 is 28.6 Å². The topological polar surface area (TPSA) is 78.9 Å². The maximum Gasteiger partial charge on any atom is 0.306 e. The van der Waals surface area contributed by atoms with Crippen LogP contribution in [0.2, 0.25) is 0 Å². The Hall–Kier alpha value is -3.15. The van der Waals surface area contributed by atoms with Gasteiger partial charge in [0.15, 0.2) is 6.10 Å². The van der Waals surface area contributed by atoms with E-state index in [1.165, 1.54) is 212 Å². The van der Waals surface area contributed by atoms with Gasteiger partial charge in [0.2, 0.25) is 0 Å². The number of unbranched alkanes of at least 4 members (excludes halogenated alkanes) is 39. The van der Waals surface area contributed by atoms with Crippen LogP contribution in [0.3, 0.4) is 0 Å². The smallest absolute Gasteiger partial charge is 0.306 e. The molecule has 0 aromatic heterocycles. The van der Waals surface area contributed by atoms with Gasteiger partial charge < -0.3 is 14.2 Å². The Kier molecular flexibility index (Phi) is 63.7. The van der Waals surface area contributed by atoms with Crippen LogP contribution in [-0.2, 0) is 28.6 Å². The van der Waals surface area contributed by atoms with Crippen molar-refractivity contribution in [2.75, 3.05) is 13.2 Å².